The lowest BCUT2D eigenvalue weighted by atomic mass is 9.93. The first kappa shape index (κ1) is 37.7. The summed E-state index contributed by atoms with van der Waals surface area (Å²) in [7, 11) is 0. The van der Waals surface area contributed by atoms with E-state index in [4.69, 9.17) is 17.4 Å². The van der Waals surface area contributed by atoms with Gasteiger partial charge in [-0.25, -0.2) is 4.79 Å². The number of amides is 1. The van der Waals surface area contributed by atoms with Crippen LogP contribution in [0, 0.1) is 5.92 Å². The smallest absolute Gasteiger partial charge is 0.326 e. The van der Waals surface area contributed by atoms with Gasteiger partial charge >= 0.3 is 5.97 Å². The van der Waals surface area contributed by atoms with Crippen molar-refractivity contribution in [2.24, 2.45) is 5.92 Å². The van der Waals surface area contributed by atoms with E-state index in [0.717, 1.165) is 75.9 Å². The number of hydrogen-bond donors (Lipinski definition) is 6. The van der Waals surface area contributed by atoms with Crippen LogP contribution < -0.4 is 20.7 Å². The Balaban J connectivity index is 1.68. The maximum Gasteiger partial charge on any atom is 0.326 e. The van der Waals surface area contributed by atoms with Crippen molar-refractivity contribution < 1.29 is 19.4 Å². The highest BCUT2D eigenvalue weighted by molar-refractivity contribution is 7.82. The number of piperidine rings is 1. The predicted octanol–water partition coefficient (Wildman–Crippen LogP) is 4.83. The number of nitrogens with zero attached hydrogens (tertiary/aromatic N) is 1. The topological polar surface area (TPSA) is 103 Å². The molecule has 1 fully saturated rings. The van der Waals surface area contributed by atoms with Crippen molar-refractivity contribution in [1.82, 2.24) is 20.9 Å². The Morgan fingerprint density at radius 3 is 2.35 bits per heavy atom. The molecule has 43 heavy (non-hydrogen) atoms. The number of hydrogen-bond acceptors (Lipinski definition) is 8. The van der Waals surface area contributed by atoms with Gasteiger partial charge in [-0.3, -0.25) is 4.79 Å². The third-order valence-corrected chi connectivity index (χ3v) is 7.93. The summed E-state index contributed by atoms with van der Waals surface area (Å²) in [6.45, 7) is 15.6. The Morgan fingerprint density at radius 1 is 1.02 bits per heavy atom. The van der Waals surface area contributed by atoms with Crippen molar-refractivity contribution in [3.05, 3.63) is 29.8 Å². The van der Waals surface area contributed by atoms with Crippen molar-refractivity contribution in [3.63, 3.8) is 0 Å². The highest BCUT2D eigenvalue weighted by Crippen LogP contribution is 2.20. The van der Waals surface area contributed by atoms with Gasteiger partial charge in [0.1, 0.15) is 11.8 Å². The molecular formula is C33H58N4O4S2. The van der Waals surface area contributed by atoms with Gasteiger partial charge in [-0.15, -0.1) is 0 Å². The van der Waals surface area contributed by atoms with Crippen molar-refractivity contribution >= 4 is 37.1 Å². The Hall–Kier alpha value is -1.46. The Bertz CT molecular complexity index is 928. The molecular weight excluding hydrogens is 581 g/mol. The lowest BCUT2D eigenvalue weighted by Crippen LogP contribution is -2.42. The predicted molar refractivity (Wildman–Crippen MR) is 184 cm³/mol. The Morgan fingerprint density at radius 2 is 1.72 bits per heavy atom. The highest BCUT2D eigenvalue weighted by Gasteiger charge is 2.21. The fraction of sp³-hybridized carbons (Fsp3) is 0.758. The SMILES string of the molecule is CC(C)(S)CNCCN(CCCCC(=O)N[C@@H](Cc1ccc(OCCCCC2CCNCC2)cc1)C(=O)O)CC(C)(C)S. The van der Waals surface area contributed by atoms with E-state index in [9.17, 15) is 14.7 Å². The molecule has 0 saturated carbocycles. The quantitative estimate of drug-likeness (QED) is 0.0800. The number of carboxylic acid groups (broad SMARTS) is 1. The highest BCUT2D eigenvalue weighted by atomic mass is 32.1. The van der Waals surface area contributed by atoms with Gasteiger partial charge in [0.05, 0.1) is 6.61 Å². The number of carbonyl (C=O) groups is 2. The molecule has 1 aliphatic rings. The van der Waals surface area contributed by atoms with Gasteiger partial charge in [-0.1, -0.05) is 18.6 Å². The summed E-state index contributed by atoms with van der Waals surface area (Å²) in [6, 6.07) is 6.58. The van der Waals surface area contributed by atoms with Gasteiger partial charge in [0.2, 0.25) is 5.91 Å². The van der Waals surface area contributed by atoms with E-state index >= 15 is 0 Å². The molecule has 8 nitrogen and oxygen atoms in total. The van der Waals surface area contributed by atoms with E-state index in [1.54, 1.807) is 0 Å². The molecule has 0 spiro atoms. The van der Waals surface area contributed by atoms with E-state index in [-0.39, 0.29) is 21.8 Å². The van der Waals surface area contributed by atoms with Crippen LogP contribution in [0.3, 0.4) is 0 Å². The third-order valence-electron chi connectivity index (χ3n) is 7.63. The lowest BCUT2D eigenvalue weighted by molar-refractivity contribution is -0.141. The molecule has 1 aliphatic heterocycles. The van der Waals surface area contributed by atoms with Crippen LogP contribution in [0.25, 0.3) is 0 Å². The van der Waals surface area contributed by atoms with Crippen LogP contribution in [0.1, 0.15) is 84.6 Å². The molecule has 1 atom stereocenters. The van der Waals surface area contributed by atoms with Crippen LogP contribution in [-0.2, 0) is 16.0 Å². The van der Waals surface area contributed by atoms with Crippen molar-refractivity contribution in [2.75, 3.05) is 52.4 Å². The summed E-state index contributed by atoms with van der Waals surface area (Å²) in [6.07, 6.45) is 8.14. The maximum absolute atomic E-state index is 12.6. The van der Waals surface area contributed by atoms with Gasteiger partial charge in [0.25, 0.3) is 0 Å². The van der Waals surface area contributed by atoms with Gasteiger partial charge in [0, 0.05) is 48.5 Å². The zero-order valence-electron chi connectivity index (χ0n) is 27.0. The zero-order chi connectivity index (χ0) is 31.7. The molecule has 0 aromatic heterocycles. The maximum atomic E-state index is 12.6. The summed E-state index contributed by atoms with van der Waals surface area (Å²) in [5.41, 5.74) is 0.853. The van der Waals surface area contributed by atoms with Crippen LogP contribution in [0.4, 0.5) is 0 Å². The van der Waals surface area contributed by atoms with Crippen molar-refractivity contribution in [2.45, 2.75) is 101 Å². The van der Waals surface area contributed by atoms with Crippen LogP contribution in [0.2, 0.25) is 0 Å². The summed E-state index contributed by atoms with van der Waals surface area (Å²) in [5.74, 6) is 0.383. The van der Waals surface area contributed by atoms with Crippen LogP contribution in [0.5, 0.6) is 5.75 Å². The van der Waals surface area contributed by atoms with Crippen molar-refractivity contribution in [1.29, 1.82) is 0 Å². The van der Waals surface area contributed by atoms with E-state index in [1.807, 2.05) is 24.3 Å². The average Bonchev–Trinajstić information content (AvgIpc) is 2.93. The number of benzene rings is 1. The number of carbonyl (C=O) groups excluding carboxylic acids is 1. The first-order valence-corrected chi connectivity index (χ1v) is 17.0. The molecule has 10 heteroatoms. The standard InChI is InChI=1S/C33H58N4O4S2/c1-32(2,42)24-35-19-21-37(25-33(3,4)43)20-7-5-10-30(38)36-29(31(39)40)23-27-11-13-28(14-12-27)41-22-8-6-9-26-15-17-34-18-16-26/h11-14,26,29,34-35,42-43H,5-10,15-25H2,1-4H3,(H,36,38)(H,39,40)/t29-/m0/s1. The second-order valence-electron chi connectivity index (χ2n) is 13.4. The molecule has 1 heterocycles. The fourth-order valence-electron chi connectivity index (χ4n) is 5.39. The van der Waals surface area contributed by atoms with Gasteiger partial charge in [0.15, 0.2) is 0 Å². The first-order chi connectivity index (χ1) is 20.3. The van der Waals surface area contributed by atoms with Gasteiger partial charge in [-0.05, 0) is 109 Å². The molecule has 1 amide bonds. The largest absolute Gasteiger partial charge is 0.494 e. The summed E-state index contributed by atoms with van der Waals surface area (Å²) < 4.78 is 5.72. The monoisotopic (exact) mass is 638 g/mol. The van der Waals surface area contributed by atoms with E-state index in [2.05, 4.69) is 61.2 Å². The lowest BCUT2D eigenvalue weighted by Gasteiger charge is -2.30. The fourth-order valence-corrected chi connectivity index (χ4v) is 5.70. The molecule has 0 unspecified atom stereocenters. The number of aliphatic carboxylic acids is 1. The van der Waals surface area contributed by atoms with Gasteiger partial charge in [-0.2, -0.15) is 25.3 Å². The number of ether oxygens (including phenoxy) is 1. The Kier molecular flexibility index (Phi) is 17.4. The summed E-state index contributed by atoms with van der Waals surface area (Å²) in [5, 5.41) is 19.3. The van der Waals surface area contributed by atoms with Gasteiger partial charge < -0.3 is 30.7 Å². The normalized spacial score (nSPS) is 15.4. The second-order valence-corrected chi connectivity index (χ2v) is 15.8. The molecule has 2 rings (SSSR count). The minimum Gasteiger partial charge on any atom is -0.494 e. The summed E-state index contributed by atoms with van der Waals surface area (Å²) >= 11 is 9.27. The van der Waals surface area contributed by atoms with E-state index < -0.39 is 12.0 Å². The number of rotatable bonds is 22. The molecule has 0 bridgehead atoms. The summed E-state index contributed by atoms with van der Waals surface area (Å²) in [4.78, 5) is 26.9. The molecule has 4 N–H and O–H groups in total. The molecule has 0 radical (unpaired) electrons. The second kappa shape index (κ2) is 19.8. The molecule has 1 aromatic rings. The minimum absolute atomic E-state index is 0.0571. The zero-order valence-corrected chi connectivity index (χ0v) is 28.8. The van der Waals surface area contributed by atoms with E-state index in [1.165, 1.54) is 25.7 Å². The number of carboxylic acids is 1. The number of unbranched alkanes of at least 4 members (excludes halogenated alkanes) is 2. The van der Waals surface area contributed by atoms with Crippen LogP contribution in [-0.4, -0.2) is 89.8 Å². The molecule has 0 aliphatic carbocycles. The Labute approximate surface area is 271 Å². The first-order valence-electron chi connectivity index (χ1n) is 16.1. The third kappa shape index (κ3) is 18.8. The molecule has 1 saturated heterocycles. The van der Waals surface area contributed by atoms with E-state index in [0.29, 0.717) is 19.4 Å². The number of nitrogens with one attached hydrogen (secondary N) is 3. The van der Waals surface area contributed by atoms with Crippen LogP contribution in [0.15, 0.2) is 24.3 Å². The average molecular weight is 639 g/mol. The molecule has 246 valence electrons. The molecule has 1 aromatic carbocycles. The van der Waals surface area contributed by atoms with Crippen molar-refractivity contribution in [3.8, 4) is 5.75 Å². The number of thiol groups is 2. The minimum atomic E-state index is -1.03. The van der Waals surface area contributed by atoms with Crippen LogP contribution >= 0.6 is 25.3 Å².